The van der Waals surface area contributed by atoms with Gasteiger partial charge in [-0.1, -0.05) is 41.6 Å². The molecule has 0 amide bonds. The summed E-state index contributed by atoms with van der Waals surface area (Å²) in [7, 11) is 0. The molecule has 2 N–H and O–H groups in total. The highest BCUT2D eigenvalue weighted by molar-refractivity contribution is 5.69. The van der Waals surface area contributed by atoms with E-state index in [2.05, 4.69) is 10.1 Å². The van der Waals surface area contributed by atoms with Crippen LogP contribution in [0.15, 0.2) is 53.1 Å². The van der Waals surface area contributed by atoms with Crippen LogP contribution in [0.3, 0.4) is 0 Å². The normalized spacial score (nSPS) is 10.7. The molecule has 0 saturated carbocycles. The van der Waals surface area contributed by atoms with E-state index in [0.717, 1.165) is 6.42 Å². The molecular formula is C16H14N2O3. The summed E-state index contributed by atoms with van der Waals surface area (Å²) >= 11 is 0. The molecule has 0 spiro atoms. The van der Waals surface area contributed by atoms with E-state index in [-0.39, 0.29) is 23.0 Å². The van der Waals surface area contributed by atoms with Gasteiger partial charge in [-0.05, 0) is 24.1 Å². The monoisotopic (exact) mass is 282 g/mol. The van der Waals surface area contributed by atoms with Crippen LogP contribution in [0.4, 0.5) is 0 Å². The van der Waals surface area contributed by atoms with Crippen LogP contribution in [0.5, 0.6) is 11.5 Å². The minimum absolute atomic E-state index is 0.0896. The largest absolute Gasteiger partial charge is 0.507 e. The molecule has 0 aliphatic carbocycles. The second-order valence-electron chi connectivity index (χ2n) is 4.67. The molecule has 21 heavy (non-hydrogen) atoms. The minimum atomic E-state index is -0.0896. The van der Waals surface area contributed by atoms with Crippen molar-refractivity contribution in [2.24, 2.45) is 0 Å². The molecule has 0 unspecified atom stereocenters. The third-order valence-corrected chi connectivity index (χ3v) is 3.18. The average molecular weight is 282 g/mol. The Balaban J connectivity index is 1.78. The van der Waals surface area contributed by atoms with Crippen LogP contribution in [-0.2, 0) is 12.8 Å². The predicted molar refractivity (Wildman–Crippen MR) is 76.9 cm³/mol. The van der Waals surface area contributed by atoms with Gasteiger partial charge < -0.3 is 14.7 Å². The Morgan fingerprint density at radius 2 is 1.57 bits per heavy atom. The van der Waals surface area contributed by atoms with Gasteiger partial charge in [-0.3, -0.25) is 0 Å². The van der Waals surface area contributed by atoms with Crippen LogP contribution in [0.25, 0.3) is 11.5 Å². The van der Waals surface area contributed by atoms with E-state index in [4.69, 9.17) is 4.52 Å². The van der Waals surface area contributed by atoms with E-state index in [1.807, 2.05) is 30.3 Å². The van der Waals surface area contributed by atoms with E-state index < -0.39 is 0 Å². The zero-order valence-electron chi connectivity index (χ0n) is 11.2. The number of aryl methyl sites for hydroxylation is 2. The second kappa shape index (κ2) is 5.66. The Labute approximate surface area is 121 Å². The van der Waals surface area contributed by atoms with Gasteiger partial charge in [0.25, 0.3) is 5.89 Å². The molecule has 0 saturated heterocycles. The van der Waals surface area contributed by atoms with E-state index in [1.54, 1.807) is 6.07 Å². The maximum Gasteiger partial charge on any atom is 0.265 e. The fourth-order valence-corrected chi connectivity index (χ4v) is 2.11. The highest BCUT2D eigenvalue weighted by Crippen LogP contribution is 2.35. The van der Waals surface area contributed by atoms with E-state index in [0.29, 0.717) is 12.2 Å². The van der Waals surface area contributed by atoms with Crippen molar-refractivity contribution in [1.82, 2.24) is 10.1 Å². The van der Waals surface area contributed by atoms with Crippen LogP contribution >= 0.6 is 0 Å². The molecule has 0 aliphatic rings. The SMILES string of the molecule is Oc1cccc(O)c1-c1nc(CCc2ccccc2)no1. The smallest absolute Gasteiger partial charge is 0.265 e. The molecule has 0 bridgehead atoms. The number of benzene rings is 2. The van der Waals surface area contributed by atoms with Crippen molar-refractivity contribution < 1.29 is 14.7 Å². The molecule has 0 fully saturated rings. The van der Waals surface area contributed by atoms with Gasteiger partial charge in [-0.15, -0.1) is 0 Å². The Hall–Kier alpha value is -2.82. The lowest BCUT2D eigenvalue weighted by molar-refractivity contribution is 0.409. The molecule has 5 heteroatoms. The maximum absolute atomic E-state index is 9.77. The van der Waals surface area contributed by atoms with Crippen molar-refractivity contribution >= 4 is 0 Å². The van der Waals surface area contributed by atoms with Gasteiger partial charge in [0.1, 0.15) is 17.1 Å². The van der Waals surface area contributed by atoms with Crippen LogP contribution in [-0.4, -0.2) is 20.4 Å². The lowest BCUT2D eigenvalue weighted by Gasteiger charge is -2.01. The number of aromatic nitrogens is 2. The minimum Gasteiger partial charge on any atom is -0.507 e. The second-order valence-corrected chi connectivity index (χ2v) is 4.67. The lowest BCUT2D eigenvalue weighted by Crippen LogP contribution is -1.93. The summed E-state index contributed by atoms with van der Waals surface area (Å²) in [5.74, 6) is 0.478. The molecule has 0 radical (unpaired) electrons. The molecule has 1 aromatic heterocycles. The first kappa shape index (κ1) is 13.2. The molecule has 5 nitrogen and oxygen atoms in total. The van der Waals surface area contributed by atoms with Crippen molar-refractivity contribution in [1.29, 1.82) is 0 Å². The summed E-state index contributed by atoms with van der Waals surface area (Å²) in [5.41, 5.74) is 1.35. The summed E-state index contributed by atoms with van der Waals surface area (Å²) < 4.78 is 5.12. The summed E-state index contributed by atoms with van der Waals surface area (Å²) in [6.45, 7) is 0. The molecule has 1 heterocycles. The zero-order chi connectivity index (χ0) is 14.7. The Morgan fingerprint density at radius 3 is 2.29 bits per heavy atom. The summed E-state index contributed by atoms with van der Waals surface area (Å²) in [6.07, 6.45) is 1.43. The third-order valence-electron chi connectivity index (χ3n) is 3.18. The van der Waals surface area contributed by atoms with Crippen LogP contribution in [0.2, 0.25) is 0 Å². The molecule has 0 aliphatic heterocycles. The summed E-state index contributed by atoms with van der Waals surface area (Å²) in [5, 5.41) is 23.4. The summed E-state index contributed by atoms with van der Waals surface area (Å²) in [4.78, 5) is 4.22. The van der Waals surface area contributed by atoms with Crippen molar-refractivity contribution in [2.75, 3.05) is 0 Å². The van der Waals surface area contributed by atoms with Crippen LogP contribution < -0.4 is 0 Å². The highest BCUT2D eigenvalue weighted by Gasteiger charge is 2.16. The number of phenolic OH excluding ortho intramolecular Hbond substituents is 2. The number of nitrogens with zero attached hydrogens (tertiary/aromatic N) is 2. The van der Waals surface area contributed by atoms with Crippen molar-refractivity contribution in [3.63, 3.8) is 0 Å². The summed E-state index contributed by atoms with van der Waals surface area (Å²) in [6, 6.07) is 14.5. The van der Waals surface area contributed by atoms with Crippen molar-refractivity contribution in [2.45, 2.75) is 12.8 Å². The van der Waals surface area contributed by atoms with E-state index in [1.165, 1.54) is 17.7 Å². The molecule has 2 aromatic carbocycles. The first-order valence-corrected chi connectivity index (χ1v) is 6.62. The Bertz CT molecular complexity index is 718. The van der Waals surface area contributed by atoms with Crippen LogP contribution in [0.1, 0.15) is 11.4 Å². The molecule has 3 rings (SSSR count). The van der Waals surface area contributed by atoms with Gasteiger partial charge in [0.05, 0.1) is 0 Å². The number of hydrogen-bond acceptors (Lipinski definition) is 5. The topological polar surface area (TPSA) is 79.4 Å². The number of hydrogen-bond donors (Lipinski definition) is 2. The Kier molecular flexibility index (Phi) is 3.55. The van der Waals surface area contributed by atoms with Gasteiger partial charge in [-0.2, -0.15) is 4.98 Å². The highest BCUT2D eigenvalue weighted by atomic mass is 16.5. The quantitative estimate of drug-likeness (QED) is 0.769. The molecule has 3 aromatic rings. The van der Waals surface area contributed by atoms with Gasteiger partial charge in [0.2, 0.25) is 0 Å². The first-order chi connectivity index (χ1) is 10.2. The molecule has 0 atom stereocenters. The number of aromatic hydroxyl groups is 2. The zero-order valence-corrected chi connectivity index (χ0v) is 11.2. The van der Waals surface area contributed by atoms with Crippen LogP contribution in [0, 0.1) is 0 Å². The maximum atomic E-state index is 9.77. The predicted octanol–water partition coefficient (Wildman–Crippen LogP) is 2.93. The first-order valence-electron chi connectivity index (χ1n) is 6.62. The fraction of sp³-hybridized carbons (Fsp3) is 0.125. The van der Waals surface area contributed by atoms with Crippen molar-refractivity contribution in [3.8, 4) is 23.0 Å². The molecular weight excluding hydrogens is 268 g/mol. The standard InChI is InChI=1S/C16H14N2O3/c19-12-7-4-8-13(20)15(12)16-17-14(18-21-16)10-9-11-5-2-1-3-6-11/h1-8,19-20H,9-10H2. The molecule has 106 valence electrons. The van der Waals surface area contributed by atoms with E-state index in [9.17, 15) is 10.2 Å². The fourth-order valence-electron chi connectivity index (χ4n) is 2.11. The average Bonchev–Trinajstić information content (AvgIpc) is 2.95. The third kappa shape index (κ3) is 2.86. The number of phenols is 2. The van der Waals surface area contributed by atoms with Gasteiger partial charge in [0.15, 0.2) is 5.82 Å². The van der Waals surface area contributed by atoms with Gasteiger partial charge in [-0.25, -0.2) is 0 Å². The van der Waals surface area contributed by atoms with Gasteiger partial charge >= 0.3 is 0 Å². The van der Waals surface area contributed by atoms with Gasteiger partial charge in [0, 0.05) is 6.42 Å². The Morgan fingerprint density at radius 1 is 0.857 bits per heavy atom. The van der Waals surface area contributed by atoms with Crippen molar-refractivity contribution in [3.05, 3.63) is 59.9 Å². The van der Waals surface area contributed by atoms with E-state index >= 15 is 0 Å². The lowest BCUT2D eigenvalue weighted by atomic mass is 10.1. The number of rotatable bonds is 4.